The fraction of sp³-hybridized carbons (Fsp3) is 0.280. The zero-order chi connectivity index (χ0) is 27.2. The van der Waals surface area contributed by atoms with E-state index in [4.69, 9.17) is 27.9 Å². The molecule has 1 aliphatic rings. The van der Waals surface area contributed by atoms with Gasteiger partial charge in [-0.3, -0.25) is 0 Å². The number of halogens is 5. The van der Waals surface area contributed by atoms with Gasteiger partial charge in [-0.1, -0.05) is 23.2 Å². The molecule has 0 saturated carbocycles. The van der Waals surface area contributed by atoms with Crippen LogP contribution in [0.4, 0.5) is 13.2 Å². The summed E-state index contributed by atoms with van der Waals surface area (Å²) in [6.45, 7) is 0.214. The van der Waals surface area contributed by atoms with Crippen molar-refractivity contribution in [2.24, 2.45) is 4.36 Å². The molecule has 0 spiro atoms. The van der Waals surface area contributed by atoms with E-state index in [9.17, 15) is 22.5 Å². The maximum absolute atomic E-state index is 13.7. The predicted octanol–water partition coefficient (Wildman–Crippen LogP) is 5.96. The molecule has 1 unspecified atom stereocenters. The molecule has 0 bridgehead atoms. The molecule has 7 nitrogen and oxygen atoms in total. The van der Waals surface area contributed by atoms with Crippen molar-refractivity contribution in [1.29, 1.82) is 0 Å². The van der Waals surface area contributed by atoms with Gasteiger partial charge < -0.3 is 19.1 Å². The summed E-state index contributed by atoms with van der Waals surface area (Å²) in [6, 6.07) is 14.0. The Hall–Kier alpha value is -2.54. The van der Waals surface area contributed by atoms with Crippen LogP contribution in [0, 0.1) is 0 Å². The second-order valence-corrected chi connectivity index (χ2v) is 11.7. The Morgan fingerprint density at radius 1 is 1.03 bits per heavy atom. The van der Waals surface area contributed by atoms with E-state index in [1.165, 1.54) is 19.2 Å². The zero-order valence-electron chi connectivity index (χ0n) is 19.8. The highest BCUT2D eigenvalue weighted by Gasteiger charge is 2.37. The van der Waals surface area contributed by atoms with Gasteiger partial charge >= 0.3 is 6.36 Å². The molecule has 1 aliphatic heterocycles. The maximum Gasteiger partial charge on any atom is 0.573 e. The second kappa shape index (κ2) is 10.2. The van der Waals surface area contributed by atoms with Gasteiger partial charge in [-0.2, -0.15) is 0 Å². The molecule has 1 fully saturated rings. The summed E-state index contributed by atoms with van der Waals surface area (Å²) >= 11 is 12.5. The van der Waals surface area contributed by atoms with Crippen LogP contribution in [0.15, 0.2) is 69.9 Å². The number of nitrogens with one attached hydrogen (secondary N) is 1. The molecular weight excluding hydrogens is 566 g/mol. The number of benzene rings is 3. The number of aliphatic hydroxyl groups excluding tert-OH is 1. The third-order valence-electron chi connectivity index (χ3n) is 6.40. The number of rotatable bonds is 5. The minimum Gasteiger partial charge on any atom is -0.406 e. The molecule has 4 aromatic rings. The molecule has 202 valence electrons. The molecule has 13 heteroatoms. The Morgan fingerprint density at radius 3 is 2.13 bits per heavy atom. The van der Waals surface area contributed by atoms with E-state index < -0.39 is 40.2 Å². The van der Waals surface area contributed by atoms with Gasteiger partial charge in [0.2, 0.25) is 0 Å². The lowest BCUT2D eigenvalue weighted by molar-refractivity contribution is -0.274. The Labute approximate surface area is 226 Å². The minimum absolute atomic E-state index is 0.0359. The first-order valence-corrected chi connectivity index (χ1v) is 13.7. The molecule has 4 atom stereocenters. The normalized spacial score (nSPS) is 21.9. The summed E-state index contributed by atoms with van der Waals surface area (Å²) in [5, 5.41) is 14.3. The average molecular weight is 588 g/mol. The van der Waals surface area contributed by atoms with Crippen LogP contribution in [-0.2, 0) is 14.7 Å². The van der Waals surface area contributed by atoms with Crippen LogP contribution in [-0.4, -0.2) is 52.7 Å². The molecule has 0 aliphatic carbocycles. The van der Waals surface area contributed by atoms with E-state index in [2.05, 4.69) is 13.8 Å². The molecule has 0 radical (unpaired) electrons. The van der Waals surface area contributed by atoms with Crippen molar-refractivity contribution in [3.8, 4) is 5.75 Å². The Balaban J connectivity index is 1.48. The molecule has 5 rings (SSSR count). The van der Waals surface area contributed by atoms with Gasteiger partial charge in [0.25, 0.3) is 0 Å². The van der Waals surface area contributed by atoms with Gasteiger partial charge in [-0.25, -0.2) is 13.3 Å². The van der Waals surface area contributed by atoms with Gasteiger partial charge in [-0.05, 0) is 60.7 Å². The first-order valence-electron chi connectivity index (χ1n) is 11.4. The summed E-state index contributed by atoms with van der Waals surface area (Å²) in [5.41, 5.74) is 1.61. The van der Waals surface area contributed by atoms with Crippen molar-refractivity contribution in [2.75, 3.05) is 20.3 Å². The van der Waals surface area contributed by atoms with Gasteiger partial charge in [0, 0.05) is 38.9 Å². The monoisotopic (exact) mass is 587 g/mol. The van der Waals surface area contributed by atoms with Crippen LogP contribution < -0.4 is 9.46 Å². The first-order chi connectivity index (χ1) is 18.0. The van der Waals surface area contributed by atoms with E-state index >= 15 is 0 Å². The Bertz CT molecular complexity index is 1560. The average Bonchev–Trinajstić information content (AvgIpc) is 3.17. The van der Waals surface area contributed by atoms with Crippen LogP contribution in [0.2, 0.25) is 10.0 Å². The third-order valence-corrected chi connectivity index (χ3v) is 8.91. The quantitative estimate of drug-likeness (QED) is 0.301. The van der Waals surface area contributed by atoms with E-state index in [0.29, 0.717) is 10.0 Å². The molecule has 38 heavy (non-hydrogen) atoms. The molecular formula is C25H22Cl2F3N3O4S. The fourth-order valence-corrected chi connectivity index (χ4v) is 6.64. The summed E-state index contributed by atoms with van der Waals surface area (Å²) < 4.78 is 69.8. The number of hydrogen-bond donors (Lipinski definition) is 2. The Morgan fingerprint density at radius 2 is 1.61 bits per heavy atom. The number of fused-ring (bicyclic) bond motifs is 3. The van der Waals surface area contributed by atoms with Crippen molar-refractivity contribution in [2.45, 2.75) is 29.4 Å². The molecule has 2 N–H and O–H groups in total. The van der Waals surface area contributed by atoms with Crippen molar-refractivity contribution in [3.63, 3.8) is 0 Å². The number of nitrogens with zero attached hydrogens (tertiary/aromatic N) is 2. The molecule has 2 heterocycles. The topological polar surface area (TPSA) is 85.1 Å². The SMILES string of the molecule is CN=S(=O)(N[C@H]1COC[C@@H](n2c3ccc(Cl)cc3c3cc(Cl)ccc32)[C@H]1O)c1ccc(OC(F)(F)F)cc1. The van der Waals surface area contributed by atoms with Crippen LogP contribution in [0.25, 0.3) is 21.8 Å². The lowest BCUT2D eigenvalue weighted by atomic mass is 10.0. The predicted molar refractivity (Wildman–Crippen MR) is 140 cm³/mol. The summed E-state index contributed by atoms with van der Waals surface area (Å²) in [6.07, 6.45) is -5.91. The summed E-state index contributed by atoms with van der Waals surface area (Å²) in [4.78, 5) is 0.130. The van der Waals surface area contributed by atoms with Crippen LogP contribution in [0.5, 0.6) is 5.75 Å². The highest BCUT2D eigenvalue weighted by atomic mass is 35.5. The highest BCUT2D eigenvalue weighted by molar-refractivity contribution is 7.91. The highest BCUT2D eigenvalue weighted by Crippen LogP contribution is 2.37. The molecule has 1 saturated heterocycles. The van der Waals surface area contributed by atoms with Crippen molar-refractivity contribution in [3.05, 3.63) is 70.7 Å². The van der Waals surface area contributed by atoms with E-state index in [1.54, 1.807) is 12.1 Å². The smallest absolute Gasteiger partial charge is 0.406 e. The van der Waals surface area contributed by atoms with Crippen LogP contribution in [0.3, 0.4) is 0 Å². The van der Waals surface area contributed by atoms with Crippen LogP contribution >= 0.6 is 23.2 Å². The molecule has 0 amide bonds. The standard InChI is InChI=1S/C25H22Cl2F3N3O4S/c1-31-38(35,17-6-4-16(5-7-17)37-25(28,29)30)32-20-12-36-13-23(24(20)34)33-21-8-2-14(26)10-18(21)19-11-15(27)3-9-22(19)33/h2-11,20,23-24,34H,12-13H2,1H3,(H,31,32,35)/t20-,23+,24-,38?/m0/s1. The summed E-state index contributed by atoms with van der Waals surface area (Å²) in [7, 11) is -2.01. The number of ether oxygens (including phenoxy) is 2. The van der Waals surface area contributed by atoms with Gasteiger partial charge in [0.15, 0.2) is 0 Å². The largest absolute Gasteiger partial charge is 0.573 e. The van der Waals surface area contributed by atoms with E-state index in [1.807, 2.05) is 28.8 Å². The lowest BCUT2D eigenvalue weighted by Gasteiger charge is -2.37. The van der Waals surface area contributed by atoms with Crippen molar-refractivity contribution >= 4 is 54.9 Å². The van der Waals surface area contributed by atoms with Crippen molar-refractivity contribution in [1.82, 2.24) is 9.29 Å². The van der Waals surface area contributed by atoms with E-state index in [0.717, 1.165) is 33.9 Å². The Kier molecular flexibility index (Phi) is 7.27. The van der Waals surface area contributed by atoms with Gasteiger partial charge in [0.1, 0.15) is 15.7 Å². The number of alkyl halides is 3. The van der Waals surface area contributed by atoms with Crippen molar-refractivity contribution < 1.29 is 32.0 Å². The van der Waals surface area contributed by atoms with Gasteiger partial charge in [-0.15, -0.1) is 13.2 Å². The second-order valence-electron chi connectivity index (χ2n) is 8.74. The number of aromatic nitrogens is 1. The van der Waals surface area contributed by atoms with Gasteiger partial charge in [0.05, 0.1) is 36.3 Å². The summed E-state index contributed by atoms with van der Waals surface area (Å²) in [5.74, 6) is -0.452. The number of aliphatic hydroxyl groups is 1. The lowest BCUT2D eigenvalue weighted by Crippen LogP contribution is -2.53. The molecule has 3 aromatic carbocycles. The first kappa shape index (κ1) is 27.0. The number of hydrogen-bond acceptors (Lipinski definition) is 5. The van der Waals surface area contributed by atoms with Crippen LogP contribution in [0.1, 0.15) is 6.04 Å². The fourth-order valence-electron chi connectivity index (χ4n) is 4.72. The van der Waals surface area contributed by atoms with E-state index in [-0.39, 0.29) is 18.1 Å². The molecule has 1 aromatic heterocycles. The maximum atomic E-state index is 13.7. The minimum atomic E-state index is -4.85. The third kappa shape index (κ3) is 5.18. The zero-order valence-corrected chi connectivity index (χ0v) is 22.1.